The highest BCUT2D eigenvalue weighted by Gasteiger charge is 2.18. The largest absolute Gasteiger partial charge is 0.366 e. The van der Waals surface area contributed by atoms with Crippen LogP contribution >= 0.6 is 11.6 Å². The van der Waals surface area contributed by atoms with E-state index in [1.807, 2.05) is 12.1 Å². The lowest BCUT2D eigenvalue weighted by Crippen LogP contribution is -2.40. The molecule has 24 heavy (non-hydrogen) atoms. The number of hydrogen-bond donors (Lipinski definition) is 1. The quantitative estimate of drug-likeness (QED) is 0.900. The van der Waals surface area contributed by atoms with Gasteiger partial charge in [0, 0.05) is 29.5 Å². The van der Waals surface area contributed by atoms with E-state index in [2.05, 4.69) is 35.1 Å². The summed E-state index contributed by atoms with van der Waals surface area (Å²) >= 11 is 6.03. The van der Waals surface area contributed by atoms with Crippen LogP contribution in [0.5, 0.6) is 0 Å². The molecule has 3 rings (SSSR count). The van der Waals surface area contributed by atoms with Gasteiger partial charge in [-0.25, -0.2) is 4.98 Å². The van der Waals surface area contributed by atoms with Crippen molar-refractivity contribution in [2.45, 2.75) is 32.7 Å². The molecule has 0 radical (unpaired) electrons. The molecule has 2 aromatic rings. The molecule has 0 amide bonds. The molecule has 0 saturated carbocycles. The number of nitriles is 1. The molecule has 2 atom stereocenters. The molecule has 5 heteroatoms. The molecular formula is C19H23ClN4. The average Bonchev–Trinajstić information content (AvgIpc) is 2.54. The number of pyridine rings is 1. The summed E-state index contributed by atoms with van der Waals surface area (Å²) in [6.07, 6.45) is 2.61. The van der Waals surface area contributed by atoms with Gasteiger partial charge < -0.3 is 10.2 Å². The maximum atomic E-state index is 9.42. The van der Waals surface area contributed by atoms with Crippen LogP contribution < -0.4 is 5.32 Å². The van der Waals surface area contributed by atoms with Gasteiger partial charge in [0.2, 0.25) is 0 Å². The van der Waals surface area contributed by atoms with Crippen LogP contribution in [0.3, 0.4) is 0 Å². The molecule has 1 aromatic heterocycles. The maximum absolute atomic E-state index is 9.42. The Morgan fingerprint density at radius 3 is 3.04 bits per heavy atom. The standard InChI is InChI=1S/C19H23ClN4/c1-13-4-3-7-24(11-13)12-14(2)22-19-8-15(10-21)17-9-16(20)5-6-18(17)23-19/h5-6,8-9,13-14H,3-4,7,11-12H2,1-2H3,(H,22,23). The van der Waals surface area contributed by atoms with Gasteiger partial charge >= 0.3 is 0 Å². The van der Waals surface area contributed by atoms with Crippen LogP contribution in [0.1, 0.15) is 32.3 Å². The average molecular weight is 343 g/mol. The fourth-order valence-electron chi connectivity index (χ4n) is 3.50. The minimum atomic E-state index is 0.277. The fourth-order valence-corrected chi connectivity index (χ4v) is 3.67. The van der Waals surface area contributed by atoms with Gasteiger partial charge in [0.15, 0.2) is 0 Å². The summed E-state index contributed by atoms with van der Waals surface area (Å²) in [5.41, 5.74) is 1.39. The van der Waals surface area contributed by atoms with Crippen molar-refractivity contribution in [3.63, 3.8) is 0 Å². The minimum Gasteiger partial charge on any atom is -0.366 e. The van der Waals surface area contributed by atoms with Gasteiger partial charge in [0.25, 0.3) is 0 Å². The first-order chi connectivity index (χ1) is 11.5. The number of likely N-dealkylation sites (tertiary alicyclic amines) is 1. The third-order valence-electron chi connectivity index (χ3n) is 4.56. The predicted octanol–water partition coefficient (Wildman–Crippen LogP) is 4.29. The summed E-state index contributed by atoms with van der Waals surface area (Å²) in [6.45, 7) is 7.81. The SMILES string of the molecule is CC1CCCN(CC(C)Nc2cc(C#N)c3cc(Cl)ccc3n2)C1. The number of halogens is 1. The first kappa shape index (κ1) is 17.0. The van der Waals surface area contributed by atoms with Crippen LogP contribution in [0, 0.1) is 17.2 Å². The number of nitrogens with zero attached hydrogens (tertiary/aromatic N) is 3. The summed E-state index contributed by atoms with van der Waals surface area (Å²) < 4.78 is 0. The van der Waals surface area contributed by atoms with Crippen molar-refractivity contribution >= 4 is 28.3 Å². The number of piperidine rings is 1. The molecule has 0 aliphatic carbocycles. The van der Waals surface area contributed by atoms with Crippen molar-refractivity contribution in [2.24, 2.45) is 5.92 Å². The zero-order chi connectivity index (χ0) is 17.1. The Morgan fingerprint density at radius 2 is 2.29 bits per heavy atom. The van der Waals surface area contributed by atoms with Crippen molar-refractivity contribution in [3.05, 3.63) is 34.9 Å². The predicted molar refractivity (Wildman–Crippen MR) is 99.4 cm³/mol. The number of anilines is 1. The molecule has 0 spiro atoms. The summed E-state index contributed by atoms with van der Waals surface area (Å²) in [5.74, 6) is 1.53. The van der Waals surface area contributed by atoms with E-state index in [0.29, 0.717) is 10.6 Å². The van der Waals surface area contributed by atoms with Crippen LogP contribution in [0.4, 0.5) is 5.82 Å². The van der Waals surface area contributed by atoms with E-state index in [1.165, 1.54) is 25.9 Å². The van der Waals surface area contributed by atoms with E-state index in [-0.39, 0.29) is 6.04 Å². The zero-order valence-electron chi connectivity index (χ0n) is 14.2. The van der Waals surface area contributed by atoms with E-state index < -0.39 is 0 Å². The topological polar surface area (TPSA) is 52.0 Å². The highest BCUT2D eigenvalue weighted by atomic mass is 35.5. The van der Waals surface area contributed by atoms with E-state index in [4.69, 9.17) is 11.6 Å². The lowest BCUT2D eigenvalue weighted by molar-refractivity contribution is 0.180. The molecule has 1 aromatic carbocycles. The molecule has 2 unspecified atom stereocenters. The smallest absolute Gasteiger partial charge is 0.128 e. The van der Waals surface area contributed by atoms with Crippen molar-refractivity contribution in [2.75, 3.05) is 25.0 Å². The second-order valence-corrected chi connectivity index (χ2v) is 7.32. The van der Waals surface area contributed by atoms with Crippen molar-refractivity contribution < 1.29 is 0 Å². The number of aromatic nitrogens is 1. The first-order valence-electron chi connectivity index (χ1n) is 8.54. The molecule has 1 aliphatic heterocycles. The third kappa shape index (κ3) is 3.98. The number of benzene rings is 1. The summed E-state index contributed by atoms with van der Waals surface area (Å²) in [7, 11) is 0. The van der Waals surface area contributed by atoms with Gasteiger partial charge in [-0.05, 0) is 56.5 Å². The Morgan fingerprint density at radius 1 is 1.46 bits per heavy atom. The van der Waals surface area contributed by atoms with Crippen molar-refractivity contribution in [1.82, 2.24) is 9.88 Å². The number of fused-ring (bicyclic) bond motifs is 1. The Hall–Kier alpha value is -1.83. The van der Waals surface area contributed by atoms with Gasteiger partial charge in [-0.3, -0.25) is 0 Å². The molecule has 1 fully saturated rings. The normalized spacial score (nSPS) is 19.8. The molecule has 4 nitrogen and oxygen atoms in total. The summed E-state index contributed by atoms with van der Waals surface area (Å²) in [6, 6.07) is 9.80. The maximum Gasteiger partial charge on any atom is 0.128 e. The molecule has 2 heterocycles. The van der Waals surface area contributed by atoms with Crippen LogP contribution in [-0.4, -0.2) is 35.6 Å². The number of rotatable bonds is 4. The second kappa shape index (κ2) is 7.38. The lowest BCUT2D eigenvalue weighted by atomic mass is 10.00. The van der Waals surface area contributed by atoms with Crippen molar-refractivity contribution in [3.8, 4) is 6.07 Å². The van der Waals surface area contributed by atoms with Crippen LogP contribution in [0.2, 0.25) is 5.02 Å². The molecule has 126 valence electrons. The Kier molecular flexibility index (Phi) is 5.23. The third-order valence-corrected chi connectivity index (χ3v) is 4.79. The summed E-state index contributed by atoms with van der Waals surface area (Å²) in [5, 5.41) is 14.3. The van der Waals surface area contributed by atoms with Gasteiger partial charge in [-0.15, -0.1) is 0 Å². The molecule has 1 saturated heterocycles. The van der Waals surface area contributed by atoms with E-state index in [0.717, 1.165) is 29.2 Å². The highest BCUT2D eigenvalue weighted by Crippen LogP contribution is 2.24. The molecular weight excluding hydrogens is 320 g/mol. The fraction of sp³-hybridized carbons (Fsp3) is 0.474. The van der Waals surface area contributed by atoms with Gasteiger partial charge in [0.1, 0.15) is 5.82 Å². The number of nitrogens with one attached hydrogen (secondary N) is 1. The monoisotopic (exact) mass is 342 g/mol. The zero-order valence-corrected chi connectivity index (χ0v) is 15.0. The summed E-state index contributed by atoms with van der Waals surface area (Å²) in [4.78, 5) is 7.15. The Labute approximate surface area is 148 Å². The van der Waals surface area contributed by atoms with Crippen LogP contribution in [0.25, 0.3) is 10.9 Å². The minimum absolute atomic E-state index is 0.277. The molecule has 1 aliphatic rings. The van der Waals surface area contributed by atoms with E-state index in [9.17, 15) is 5.26 Å². The van der Waals surface area contributed by atoms with Crippen molar-refractivity contribution in [1.29, 1.82) is 5.26 Å². The number of hydrogen-bond acceptors (Lipinski definition) is 4. The molecule has 0 bridgehead atoms. The van der Waals surface area contributed by atoms with Gasteiger partial charge in [-0.2, -0.15) is 5.26 Å². The first-order valence-corrected chi connectivity index (χ1v) is 8.92. The Bertz CT molecular complexity index is 768. The Balaban J connectivity index is 1.75. The second-order valence-electron chi connectivity index (χ2n) is 6.88. The highest BCUT2D eigenvalue weighted by molar-refractivity contribution is 6.31. The van der Waals surface area contributed by atoms with Crippen LogP contribution in [0.15, 0.2) is 24.3 Å². The lowest BCUT2D eigenvalue weighted by Gasteiger charge is -2.33. The van der Waals surface area contributed by atoms with Crippen LogP contribution in [-0.2, 0) is 0 Å². The van der Waals surface area contributed by atoms with Gasteiger partial charge in [-0.1, -0.05) is 18.5 Å². The van der Waals surface area contributed by atoms with E-state index >= 15 is 0 Å². The van der Waals surface area contributed by atoms with E-state index in [1.54, 1.807) is 12.1 Å². The molecule has 1 N–H and O–H groups in total. The van der Waals surface area contributed by atoms with Gasteiger partial charge in [0.05, 0.1) is 17.1 Å².